The second-order valence-corrected chi connectivity index (χ2v) is 10.1. The molecule has 0 aliphatic heterocycles. The van der Waals surface area contributed by atoms with E-state index < -0.39 is 0 Å². The van der Waals surface area contributed by atoms with Crippen LogP contribution in [-0.2, 0) is 5.41 Å². The monoisotopic (exact) mass is 470 g/mol. The molecule has 36 heavy (non-hydrogen) atoms. The number of fused-ring (bicyclic) bond motifs is 2. The molecule has 0 amide bonds. The van der Waals surface area contributed by atoms with Crippen LogP contribution in [0.15, 0.2) is 102 Å². The third-order valence-electron chi connectivity index (χ3n) is 6.61. The minimum absolute atomic E-state index is 0.0918. The highest BCUT2D eigenvalue weighted by Gasteiger charge is 2.22. The van der Waals surface area contributed by atoms with Crippen molar-refractivity contribution in [2.45, 2.75) is 26.2 Å². The molecule has 0 radical (unpaired) electrons. The lowest BCUT2D eigenvalue weighted by Crippen LogP contribution is -2.11. The molecule has 0 unspecified atom stereocenters. The SMILES string of the molecule is CC(C)(C)c1cc(-c2cc(-c3ccccn3)c3ccccc3c2)c2nc(-c3ccccc3O)oc2c1. The molecule has 0 spiro atoms. The number of hydrogen-bond acceptors (Lipinski definition) is 4. The highest BCUT2D eigenvalue weighted by atomic mass is 16.3. The first-order chi connectivity index (χ1) is 17.4. The number of rotatable bonds is 3. The van der Waals surface area contributed by atoms with Crippen LogP contribution < -0.4 is 0 Å². The molecule has 1 N–H and O–H groups in total. The molecule has 2 heterocycles. The lowest BCUT2D eigenvalue weighted by molar-refractivity contribution is 0.474. The zero-order chi connectivity index (χ0) is 24.9. The van der Waals surface area contributed by atoms with Crippen LogP contribution >= 0.6 is 0 Å². The second kappa shape index (κ2) is 8.35. The van der Waals surface area contributed by atoms with Crippen molar-refractivity contribution in [3.63, 3.8) is 0 Å². The van der Waals surface area contributed by atoms with Crippen LogP contribution in [0.5, 0.6) is 5.75 Å². The molecule has 0 atom stereocenters. The topological polar surface area (TPSA) is 59.2 Å². The van der Waals surface area contributed by atoms with Crippen molar-refractivity contribution in [2.24, 2.45) is 0 Å². The summed E-state index contributed by atoms with van der Waals surface area (Å²) in [5.74, 6) is 0.547. The Balaban J connectivity index is 1.66. The highest BCUT2D eigenvalue weighted by Crippen LogP contribution is 2.40. The van der Waals surface area contributed by atoms with E-state index in [9.17, 15) is 5.11 Å². The van der Waals surface area contributed by atoms with Crippen LogP contribution in [0, 0.1) is 0 Å². The van der Waals surface area contributed by atoms with Crippen LogP contribution in [0.2, 0.25) is 0 Å². The summed E-state index contributed by atoms with van der Waals surface area (Å²) in [6.45, 7) is 6.58. The number of nitrogens with zero attached hydrogens (tertiary/aromatic N) is 2. The average molecular weight is 471 g/mol. The fourth-order valence-electron chi connectivity index (χ4n) is 4.65. The Bertz CT molecular complexity index is 1730. The van der Waals surface area contributed by atoms with Crippen molar-refractivity contribution in [1.29, 1.82) is 0 Å². The van der Waals surface area contributed by atoms with Gasteiger partial charge < -0.3 is 9.52 Å². The fraction of sp³-hybridized carbons (Fsp3) is 0.125. The molecule has 6 rings (SSSR count). The van der Waals surface area contributed by atoms with Crippen LogP contribution in [0.4, 0.5) is 0 Å². The molecule has 4 aromatic carbocycles. The van der Waals surface area contributed by atoms with E-state index >= 15 is 0 Å². The third-order valence-corrected chi connectivity index (χ3v) is 6.61. The maximum Gasteiger partial charge on any atom is 0.231 e. The van der Waals surface area contributed by atoms with Crippen molar-refractivity contribution in [3.05, 3.63) is 103 Å². The average Bonchev–Trinajstić information content (AvgIpc) is 3.32. The van der Waals surface area contributed by atoms with Gasteiger partial charge in [-0.15, -0.1) is 0 Å². The number of oxazole rings is 1. The van der Waals surface area contributed by atoms with Crippen LogP contribution in [0.3, 0.4) is 0 Å². The van der Waals surface area contributed by atoms with E-state index in [1.807, 2.05) is 36.5 Å². The van der Waals surface area contributed by atoms with Gasteiger partial charge >= 0.3 is 0 Å². The summed E-state index contributed by atoms with van der Waals surface area (Å²) in [5.41, 5.74) is 7.13. The van der Waals surface area contributed by atoms with Gasteiger partial charge in [0.05, 0.1) is 11.3 Å². The number of benzene rings is 4. The lowest BCUT2D eigenvalue weighted by atomic mass is 9.84. The number of aromatic nitrogens is 2. The smallest absolute Gasteiger partial charge is 0.231 e. The number of pyridine rings is 1. The Kier molecular flexibility index (Phi) is 5.11. The Labute approximate surface area is 209 Å². The van der Waals surface area contributed by atoms with Crippen molar-refractivity contribution < 1.29 is 9.52 Å². The Morgan fingerprint density at radius 2 is 1.53 bits per heavy atom. The molecule has 176 valence electrons. The van der Waals surface area contributed by atoms with Gasteiger partial charge in [-0.25, -0.2) is 4.98 Å². The van der Waals surface area contributed by atoms with Gasteiger partial charge in [0.15, 0.2) is 5.58 Å². The van der Waals surface area contributed by atoms with Gasteiger partial charge in [-0.05, 0) is 75.8 Å². The number of phenols is 1. The Hall–Kier alpha value is -4.44. The van der Waals surface area contributed by atoms with Gasteiger partial charge in [0.25, 0.3) is 0 Å². The Morgan fingerprint density at radius 1 is 0.750 bits per heavy atom. The lowest BCUT2D eigenvalue weighted by Gasteiger charge is -2.20. The van der Waals surface area contributed by atoms with E-state index in [4.69, 9.17) is 9.40 Å². The van der Waals surface area contributed by atoms with Crippen LogP contribution in [0.25, 0.3) is 55.7 Å². The molecule has 0 aliphatic rings. The molecule has 0 saturated heterocycles. The third kappa shape index (κ3) is 3.81. The van der Waals surface area contributed by atoms with E-state index in [0.29, 0.717) is 17.0 Å². The van der Waals surface area contributed by atoms with E-state index in [1.165, 1.54) is 0 Å². The quantitative estimate of drug-likeness (QED) is 0.282. The van der Waals surface area contributed by atoms with Crippen molar-refractivity contribution in [1.82, 2.24) is 9.97 Å². The molecular weight excluding hydrogens is 444 g/mol. The minimum Gasteiger partial charge on any atom is -0.507 e. The summed E-state index contributed by atoms with van der Waals surface area (Å²) in [5, 5.41) is 12.7. The van der Waals surface area contributed by atoms with Crippen molar-refractivity contribution in [3.8, 4) is 39.6 Å². The van der Waals surface area contributed by atoms with Crippen molar-refractivity contribution in [2.75, 3.05) is 0 Å². The zero-order valence-corrected chi connectivity index (χ0v) is 20.5. The molecular formula is C32H26N2O2. The number of hydrogen-bond donors (Lipinski definition) is 1. The van der Waals surface area contributed by atoms with Gasteiger partial charge in [-0.1, -0.05) is 63.2 Å². The minimum atomic E-state index is -0.0918. The molecule has 2 aromatic heterocycles. The molecule has 0 aliphatic carbocycles. The number of aromatic hydroxyl groups is 1. The van der Waals surface area contributed by atoms with Crippen LogP contribution in [0.1, 0.15) is 26.3 Å². The molecule has 4 nitrogen and oxygen atoms in total. The largest absolute Gasteiger partial charge is 0.507 e. The summed E-state index contributed by atoms with van der Waals surface area (Å²) >= 11 is 0. The van der Waals surface area contributed by atoms with Crippen LogP contribution in [-0.4, -0.2) is 15.1 Å². The first-order valence-corrected chi connectivity index (χ1v) is 12.1. The second-order valence-electron chi connectivity index (χ2n) is 10.1. The summed E-state index contributed by atoms with van der Waals surface area (Å²) in [6, 6.07) is 30.2. The maximum atomic E-state index is 10.4. The maximum absolute atomic E-state index is 10.4. The molecule has 0 fully saturated rings. The van der Waals surface area contributed by atoms with E-state index in [-0.39, 0.29) is 11.2 Å². The predicted molar refractivity (Wildman–Crippen MR) is 146 cm³/mol. The summed E-state index contributed by atoms with van der Waals surface area (Å²) in [6.07, 6.45) is 1.82. The Morgan fingerprint density at radius 3 is 2.31 bits per heavy atom. The molecule has 4 heteroatoms. The van der Waals surface area contributed by atoms with Gasteiger partial charge in [-0.3, -0.25) is 4.98 Å². The molecule has 0 saturated carbocycles. The van der Waals surface area contributed by atoms with E-state index in [0.717, 1.165) is 44.2 Å². The predicted octanol–water partition coefficient (Wildman–Crippen LogP) is 8.38. The normalized spacial score (nSPS) is 11.9. The van der Waals surface area contributed by atoms with Gasteiger partial charge in [0.2, 0.25) is 5.89 Å². The summed E-state index contributed by atoms with van der Waals surface area (Å²) < 4.78 is 6.25. The van der Waals surface area contributed by atoms with E-state index in [1.54, 1.807) is 12.1 Å². The zero-order valence-electron chi connectivity index (χ0n) is 20.5. The number of para-hydroxylation sites is 1. The number of phenolic OH excluding ortho intramolecular Hbond substituents is 1. The fourth-order valence-corrected chi connectivity index (χ4v) is 4.65. The van der Waals surface area contributed by atoms with Gasteiger partial charge in [0, 0.05) is 17.3 Å². The molecule has 0 bridgehead atoms. The van der Waals surface area contributed by atoms with Crippen molar-refractivity contribution >= 4 is 21.9 Å². The van der Waals surface area contributed by atoms with E-state index in [2.05, 4.69) is 74.3 Å². The first-order valence-electron chi connectivity index (χ1n) is 12.1. The first kappa shape index (κ1) is 22.1. The summed E-state index contributed by atoms with van der Waals surface area (Å²) in [4.78, 5) is 9.53. The van der Waals surface area contributed by atoms with Gasteiger partial charge in [0.1, 0.15) is 11.3 Å². The molecule has 6 aromatic rings. The van der Waals surface area contributed by atoms with Gasteiger partial charge in [-0.2, -0.15) is 0 Å². The highest BCUT2D eigenvalue weighted by molar-refractivity contribution is 6.02. The summed E-state index contributed by atoms with van der Waals surface area (Å²) in [7, 11) is 0. The standard InChI is InChI=1S/C32H26N2O2/c1-32(2,3)22-18-25(30-29(19-22)36-31(34-30)24-12-6-7-14-28(24)35)21-16-20-10-4-5-11-23(20)26(17-21)27-13-8-9-15-33-27/h4-19,35H,1-3H3.